The minimum atomic E-state index is -3.60. The Hall–Kier alpha value is -1.44. The summed E-state index contributed by atoms with van der Waals surface area (Å²) >= 11 is 1.40. The quantitative estimate of drug-likeness (QED) is 0.907. The van der Waals surface area contributed by atoms with Crippen LogP contribution in [0.5, 0.6) is 0 Å². The number of nitrogens with zero attached hydrogens (tertiary/aromatic N) is 1. The molecule has 0 unspecified atom stereocenters. The van der Waals surface area contributed by atoms with Gasteiger partial charge in [0.05, 0.1) is 11.4 Å². The first-order valence-corrected chi connectivity index (χ1v) is 8.40. The summed E-state index contributed by atoms with van der Waals surface area (Å²) in [6.45, 7) is 5.75. The molecule has 0 bridgehead atoms. The van der Waals surface area contributed by atoms with Crippen molar-refractivity contribution in [1.82, 2.24) is 4.98 Å². The second kappa shape index (κ2) is 5.51. The highest BCUT2D eigenvalue weighted by atomic mass is 32.2. The molecule has 0 aliphatic heterocycles. The Kier molecular flexibility index (Phi) is 4.12. The van der Waals surface area contributed by atoms with Gasteiger partial charge < -0.3 is 5.73 Å². The summed E-state index contributed by atoms with van der Waals surface area (Å²) in [6, 6.07) is 5.12. The maximum absolute atomic E-state index is 12.4. The summed E-state index contributed by atoms with van der Waals surface area (Å²) in [4.78, 5) is 6.11. The fourth-order valence-corrected chi connectivity index (χ4v) is 4.52. The average Bonchev–Trinajstić information content (AvgIpc) is 2.75. The van der Waals surface area contributed by atoms with E-state index in [1.165, 1.54) is 11.3 Å². The van der Waals surface area contributed by atoms with Crippen molar-refractivity contribution >= 4 is 27.0 Å². The third kappa shape index (κ3) is 3.00. The molecule has 7 heteroatoms. The molecule has 0 atom stereocenters. The molecule has 0 amide bonds. The first-order chi connectivity index (χ1) is 9.33. The first kappa shape index (κ1) is 15.0. The minimum absolute atomic E-state index is 0.280. The van der Waals surface area contributed by atoms with Crippen molar-refractivity contribution in [3.05, 3.63) is 39.3 Å². The summed E-state index contributed by atoms with van der Waals surface area (Å²) in [7, 11) is -3.60. The van der Waals surface area contributed by atoms with Gasteiger partial charge >= 0.3 is 0 Å². The molecule has 3 N–H and O–H groups in total. The van der Waals surface area contributed by atoms with Crippen LogP contribution in [-0.4, -0.2) is 13.4 Å². The molecular weight excluding hydrogens is 294 g/mol. The van der Waals surface area contributed by atoms with E-state index >= 15 is 0 Å². The van der Waals surface area contributed by atoms with E-state index in [1.807, 2.05) is 6.92 Å². The predicted molar refractivity (Wildman–Crippen MR) is 81.5 cm³/mol. The number of hydrogen-bond donors (Lipinski definition) is 2. The second-order valence-corrected chi connectivity index (χ2v) is 7.52. The van der Waals surface area contributed by atoms with Gasteiger partial charge in [-0.3, -0.25) is 9.71 Å². The van der Waals surface area contributed by atoms with Crippen LogP contribution in [0.2, 0.25) is 0 Å². The monoisotopic (exact) mass is 311 g/mol. The molecule has 2 rings (SSSR count). The summed E-state index contributed by atoms with van der Waals surface area (Å²) in [5.41, 5.74) is 7.55. The van der Waals surface area contributed by atoms with E-state index in [4.69, 9.17) is 5.73 Å². The van der Waals surface area contributed by atoms with Gasteiger partial charge in [-0.1, -0.05) is 0 Å². The van der Waals surface area contributed by atoms with Crippen molar-refractivity contribution in [1.29, 1.82) is 0 Å². The molecule has 0 fully saturated rings. The van der Waals surface area contributed by atoms with Crippen LogP contribution in [0.4, 0.5) is 5.69 Å². The number of anilines is 1. The Morgan fingerprint density at radius 2 is 2.00 bits per heavy atom. The molecule has 0 saturated heterocycles. The number of hydrogen-bond acceptors (Lipinski definition) is 5. The number of pyridine rings is 1. The third-order valence-electron chi connectivity index (χ3n) is 2.88. The van der Waals surface area contributed by atoms with Crippen molar-refractivity contribution in [2.24, 2.45) is 5.73 Å². The van der Waals surface area contributed by atoms with Crippen LogP contribution >= 0.6 is 11.3 Å². The van der Waals surface area contributed by atoms with E-state index in [9.17, 15) is 8.42 Å². The lowest BCUT2D eigenvalue weighted by atomic mass is 10.3. The highest BCUT2D eigenvalue weighted by Crippen LogP contribution is 2.27. The molecule has 0 aromatic carbocycles. The number of aryl methyl sites for hydroxylation is 3. The molecule has 0 aliphatic carbocycles. The zero-order valence-electron chi connectivity index (χ0n) is 11.6. The molecule has 0 saturated carbocycles. The highest BCUT2D eigenvalue weighted by molar-refractivity contribution is 7.93. The van der Waals surface area contributed by atoms with E-state index < -0.39 is 10.0 Å². The molecule has 5 nitrogen and oxygen atoms in total. The second-order valence-electron chi connectivity index (χ2n) is 4.53. The SMILES string of the molecule is Cc1ccc(NS(=O)(=O)c2cc(CN)sc2C)c(C)n1. The number of sulfonamides is 1. The van der Waals surface area contributed by atoms with E-state index in [0.717, 1.165) is 15.4 Å². The van der Waals surface area contributed by atoms with Crippen molar-refractivity contribution in [2.75, 3.05) is 4.72 Å². The molecule has 0 aliphatic rings. The Morgan fingerprint density at radius 3 is 2.55 bits per heavy atom. The standard InChI is InChI=1S/C13H17N3O2S2/c1-8-4-5-12(9(2)15-8)16-20(17,18)13-6-11(7-14)19-10(13)3/h4-6,16H,7,14H2,1-3H3. The maximum Gasteiger partial charge on any atom is 0.263 e. The van der Waals surface area contributed by atoms with Crippen molar-refractivity contribution < 1.29 is 8.42 Å². The fraction of sp³-hybridized carbons (Fsp3) is 0.308. The van der Waals surface area contributed by atoms with E-state index in [1.54, 1.807) is 32.0 Å². The predicted octanol–water partition coefficient (Wildman–Crippen LogP) is 2.33. The summed E-state index contributed by atoms with van der Waals surface area (Å²) in [5.74, 6) is 0. The van der Waals surface area contributed by atoms with Gasteiger partial charge in [0.2, 0.25) is 0 Å². The minimum Gasteiger partial charge on any atom is -0.326 e. The molecular formula is C13H17N3O2S2. The van der Waals surface area contributed by atoms with Crippen molar-refractivity contribution in [2.45, 2.75) is 32.2 Å². The number of rotatable bonds is 4. The lowest BCUT2D eigenvalue weighted by molar-refractivity contribution is 0.601. The Labute approximate surface area is 122 Å². The van der Waals surface area contributed by atoms with Gasteiger partial charge in [-0.15, -0.1) is 11.3 Å². The summed E-state index contributed by atoms with van der Waals surface area (Å²) in [5, 5.41) is 0. The fourth-order valence-electron chi connectivity index (χ4n) is 1.89. The van der Waals surface area contributed by atoms with Crippen LogP contribution < -0.4 is 10.5 Å². The highest BCUT2D eigenvalue weighted by Gasteiger charge is 2.20. The first-order valence-electron chi connectivity index (χ1n) is 6.10. The smallest absolute Gasteiger partial charge is 0.263 e. The van der Waals surface area contributed by atoms with Crippen LogP contribution in [0.15, 0.2) is 23.1 Å². The van der Waals surface area contributed by atoms with Crippen LogP contribution in [0, 0.1) is 20.8 Å². The molecule has 0 spiro atoms. The molecule has 108 valence electrons. The van der Waals surface area contributed by atoms with E-state index in [0.29, 0.717) is 17.9 Å². The van der Waals surface area contributed by atoms with Gasteiger partial charge in [-0.05, 0) is 39.0 Å². The molecule has 2 heterocycles. The molecule has 20 heavy (non-hydrogen) atoms. The Morgan fingerprint density at radius 1 is 1.30 bits per heavy atom. The Balaban J connectivity index is 2.38. The topological polar surface area (TPSA) is 85.1 Å². The summed E-state index contributed by atoms with van der Waals surface area (Å²) < 4.78 is 27.4. The van der Waals surface area contributed by atoms with Crippen molar-refractivity contribution in [3.63, 3.8) is 0 Å². The van der Waals surface area contributed by atoms with Crippen LogP contribution in [-0.2, 0) is 16.6 Å². The molecule has 2 aromatic heterocycles. The van der Waals surface area contributed by atoms with Gasteiger partial charge in [0.1, 0.15) is 4.90 Å². The van der Waals surface area contributed by atoms with Crippen LogP contribution in [0.3, 0.4) is 0 Å². The van der Waals surface area contributed by atoms with Gasteiger partial charge in [-0.25, -0.2) is 8.42 Å². The zero-order chi connectivity index (χ0) is 14.9. The zero-order valence-corrected chi connectivity index (χ0v) is 13.2. The van der Waals surface area contributed by atoms with Crippen LogP contribution in [0.1, 0.15) is 21.1 Å². The normalized spacial score (nSPS) is 11.6. The van der Waals surface area contributed by atoms with Crippen LogP contribution in [0.25, 0.3) is 0 Å². The molecule has 2 aromatic rings. The number of aromatic nitrogens is 1. The van der Waals surface area contributed by atoms with Gasteiger partial charge in [0.25, 0.3) is 10.0 Å². The molecule has 0 radical (unpaired) electrons. The van der Waals surface area contributed by atoms with Gasteiger partial charge in [0.15, 0.2) is 0 Å². The van der Waals surface area contributed by atoms with E-state index in [-0.39, 0.29) is 4.90 Å². The average molecular weight is 311 g/mol. The van der Waals surface area contributed by atoms with E-state index in [2.05, 4.69) is 9.71 Å². The van der Waals surface area contributed by atoms with Gasteiger partial charge in [0, 0.05) is 22.0 Å². The lowest BCUT2D eigenvalue weighted by Crippen LogP contribution is -2.14. The van der Waals surface area contributed by atoms with Gasteiger partial charge in [-0.2, -0.15) is 0 Å². The summed E-state index contributed by atoms with van der Waals surface area (Å²) in [6.07, 6.45) is 0. The van der Waals surface area contributed by atoms with Crippen molar-refractivity contribution in [3.8, 4) is 0 Å². The lowest BCUT2D eigenvalue weighted by Gasteiger charge is -2.10. The third-order valence-corrected chi connectivity index (χ3v) is 5.58. The largest absolute Gasteiger partial charge is 0.326 e. The number of nitrogens with one attached hydrogen (secondary N) is 1. The number of nitrogens with two attached hydrogens (primary N) is 1. The maximum atomic E-state index is 12.4. The number of thiophene rings is 1. The Bertz CT molecular complexity index is 736.